The summed E-state index contributed by atoms with van der Waals surface area (Å²) in [4.78, 5) is 24.9. The van der Waals surface area contributed by atoms with E-state index in [2.05, 4.69) is 5.32 Å². The molecule has 0 aromatic carbocycles. The molecule has 120 valence electrons. The number of nitrogens with zero attached hydrogens (tertiary/aromatic N) is 1. The van der Waals surface area contributed by atoms with Crippen molar-refractivity contribution in [2.75, 3.05) is 37.7 Å². The Hall–Kier alpha value is -0.790. The molecule has 0 aromatic heterocycles. The summed E-state index contributed by atoms with van der Waals surface area (Å²) in [6.45, 7) is 3.03. The number of aliphatic carboxylic acids is 1. The van der Waals surface area contributed by atoms with Gasteiger partial charge >= 0.3 is 5.97 Å². The highest BCUT2D eigenvalue weighted by molar-refractivity contribution is 7.99. The van der Waals surface area contributed by atoms with Crippen LogP contribution in [0.1, 0.15) is 25.7 Å². The zero-order valence-electron chi connectivity index (χ0n) is 12.3. The average Bonchev–Trinajstić information content (AvgIpc) is 2.48. The Morgan fingerprint density at radius 1 is 1.33 bits per heavy atom. The molecule has 0 saturated carbocycles. The van der Waals surface area contributed by atoms with Crippen molar-refractivity contribution in [3.8, 4) is 0 Å². The summed E-state index contributed by atoms with van der Waals surface area (Å²) < 4.78 is 5.75. The van der Waals surface area contributed by atoms with Crippen LogP contribution in [0.3, 0.4) is 0 Å². The van der Waals surface area contributed by atoms with E-state index in [-0.39, 0.29) is 24.5 Å². The third-order valence-electron chi connectivity index (χ3n) is 3.91. The molecule has 2 aliphatic rings. The Kier molecular flexibility index (Phi) is 6.79. The van der Waals surface area contributed by atoms with Gasteiger partial charge in [-0.15, -0.1) is 0 Å². The Morgan fingerprint density at radius 2 is 2.10 bits per heavy atom. The highest BCUT2D eigenvalue weighted by Crippen LogP contribution is 2.20. The number of carbonyl (C=O) groups excluding carboxylic acids is 1. The van der Waals surface area contributed by atoms with Gasteiger partial charge in [0.25, 0.3) is 0 Å². The van der Waals surface area contributed by atoms with E-state index in [1.165, 1.54) is 0 Å². The molecule has 21 heavy (non-hydrogen) atoms. The number of rotatable bonds is 6. The lowest BCUT2D eigenvalue weighted by atomic mass is 10.1. The number of hydrogen-bond acceptors (Lipinski definition) is 5. The molecule has 2 heterocycles. The SMILES string of the molecule is O=C(O)CC1CSCCN1C(=O)CCOC1CCNCC1. The lowest BCUT2D eigenvalue weighted by Crippen LogP contribution is -2.47. The molecule has 2 rings (SSSR count). The first kappa shape index (κ1) is 16.6. The monoisotopic (exact) mass is 316 g/mol. The Balaban J connectivity index is 1.73. The molecule has 6 nitrogen and oxygen atoms in total. The second-order valence-electron chi connectivity index (χ2n) is 5.48. The topological polar surface area (TPSA) is 78.9 Å². The minimum absolute atomic E-state index is 0.0236. The molecule has 0 spiro atoms. The molecule has 0 bridgehead atoms. The predicted octanol–water partition coefficient (Wildman–Crippen LogP) is 0.564. The van der Waals surface area contributed by atoms with Gasteiger partial charge in [0.2, 0.25) is 5.91 Å². The lowest BCUT2D eigenvalue weighted by Gasteiger charge is -2.35. The molecule has 0 aliphatic carbocycles. The van der Waals surface area contributed by atoms with Crippen LogP contribution >= 0.6 is 11.8 Å². The second-order valence-corrected chi connectivity index (χ2v) is 6.63. The molecule has 1 atom stereocenters. The molecule has 1 unspecified atom stereocenters. The molecule has 1 amide bonds. The zero-order valence-corrected chi connectivity index (χ0v) is 13.1. The van der Waals surface area contributed by atoms with Crippen LogP contribution in [0.25, 0.3) is 0 Å². The average molecular weight is 316 g/mol. The summed E-state index contributed by atoms with van der Waals surface area (Å²) in [5.74, 6) is 0.784. The van der Waals surface area contributed by atoms with Crippen LogP contribution in [0.15, 0.2) is 0 Å². The van der Waals surface area contributed by atoms with Crippen molar-refractivity contribution in [2.45, 2.75) is 37.8 Å². The largest absolute Gasteiger partial charge is 0.481 e. The van der Waals surface area contributed by atoms with Crippen LogP contribution < -0.4 is 5.32 Å². The highest BCUT2D eigenvalue weighted by atomic mass is 32.2. The third-order valence-corrected chi connectivity index (χ3v) is 5.01. The maximum Gasteiger partial charge on any atom is 0.305 e. The van der Waals surface area contributed by atoms with Gasteiger partial charge < -0.3 is 20.1 Å². The fraction of sp³-hybridized carbons (Fsp3) is 0.857. The molecular weight excluding hydrogens is 292 g/mol. The number of carboxylic acids is 1. The number of hydrogen-bond donors (Lipinski definition) is 2. The van der Waals surface area contributed by atoms with E-state index in [0.29, 0.717) is 25.3 Å². The van der Waals surface area contributed by atoms with E-state index in [9.17, 15) is 9.59 Å². The molecule has 2 N–H and O–H groups in total. The highest BCUT2D eigenvalue weighted by Gasteiger charge is 2.28. The molecule has 2 fully saturated rings. The zero-order chi connectivity index (χ0) is 15.1. The van der Waals surface area contributed by atoms with Gasteiger partial charge in [-0.25, -0.2) is 0 Å². The van der Waals surface area contributed by atoms with E-state index in [4.69, 9.17) is 9.84 Å². The summed E-state index contributed by atoms with van der Waals surface area (Å²) in [7, 11) is 0. The molecule has 2 aliphatic heterocycles. The van der Waals surface area contributed by atoms with E-state index in [0.717, 1.165) is 31.7 Å². The van der Waals surface area contributed by atoms with Gasteiger partial charge in [-0.3, -0.25) is 9.59 Å². The van der Waals surface area contributed by atoms with Gasteiger partial charge in [-0.2, -0.15) is 11.8 Å². The standard InChI is InChI=1S/C14H24N2O4S/c17-13(3-7-20-12-1-4-15-5-2-12)16-6-8-21-10-11(16)9-14(18)19/h11-12,15H,1-10H2,(H,18,19). The van der Waals surface area contributed by atoms with E-state index < -0.39 is 5.97 Å². The first-order valence-corrected chi connectivity index (χ1v) is 8.73. The fourth-order valence-electron chi connectivity index (χ4n) is 2.77. The van der Waals surface area contributed by atoms with Crippen molar-refractivity contribution < 1.29 is 19.4 Å². The Labute approximate surface area is 129 Å². The molecule has 0 aromatic rings. The Morgan fingerprint density at radius 3 is 2.81 bits per heavy atom. The number of carbonyl (C=O) groups is 2. The quantitative estimate of drug-likeness (QED) is 0.746. The van der Waals surface area contributed by atoms with Crippen molar-refractivity contribution in [3.05, 3.63) is 0 Å². The van der Waals surface area contributed by atoms with Gasteiger partial charge in [-0.05, 0) is 25.9 Å². The van der Waals surface area contributed by atoms with Crippen molar-refractivity contribution in [1.82, 2.24) is 10.2 Å². The van der Waals surface area contributed by atoms with Crippen molar-refractivity contribution in [2.24, 2.45) is 0 Å². The molecule has 0 radical (unpaired) electrons. The maximum absolute atomic E-state index is 12.3. The van der Waals surface area contributed by atoms with Crippen LogP contribution in [0.5, 0.6) is 0 Å². The van der Waals surface area contributed by atoms with Crippen molar-refractivity contribution in [3.63, 3.8) is 0 Å². The van der Waals surface area contributed by atoms with Gasteiger partial charge in [0.1, 0.15) is 0 Å². The number of ether oxygens (including phenoxy) is 1. The lowest BCUT2D eigenvalue weighted by molar-refractivity contribution is -0.140. The summed E-state index contributed by atoms with van der Waals surface area (Å²) in [5.41, 5.74) is 0. The van der Waals surface area contributed by atoms with E-state index >= 15 is 0 Å². The number of amides is 1. The molecule has 2 saturated heterocycles. The summed E-state index contributed by atoms with van der Waals surface area (Å²) in [5, 5.41) is 12.2. The number of carboxylic acid groups (broad SMARTS) is 1. The summed E-state index contributed by atoms with van der Waals surface area (Å²) in [6, 6.07) is -0.173. The van der Waals surface area contributed by atoms with Crippen LogP contribution in [-0.2, 0) is 14.3 Å². The normalized spacial score (nSPS) is 24.0. The molecule has 7 heteroatoms. The minimum Gasteiger partial charge on any atom is -0.481 e. The van der Waals surface area contributed by atoms with Gasteiger partial charge in [0.05, 0.1) is 31.6 Å². The smallest absolute Gasteiger partial charge is 0.305 e. The van der Waals surface area contributed by atoms with Gasteiger partial charge in [-0.1, -0.05) is 0 Å². The second kappa shape index (κ2) is 8.60. The van der Waals surface area contributed by atoms with Gasteiger partial charge in [0, 0.05) is 18.1 Å². The number of thioether (sulfide) groups is 1. The first-order valence-electron chi connectivity index (χ1n) is 7.58. The van der Waals surface area contributed by atoms with Crippen LogP contribution in [-0.4, -0.2) is 71.8 Å². The van der Waals surface area contributed by atoms with Crippen molar-refractivity contribution in [1.29, 1.82) is 0 Å². The van der Waals surface area contributed by atoms with Crippen LogP contribution in [0, 0.1) is 0 Å². The van der Waals surface area contributed by atoms with Gasteiger partial charge in [0.15, 0.2) is 0 Å². The maximum atomic E-state index is 12.3. The third kappa shape index (κ3) is 5.48. The van der Waals surface area contributed by atoms with E-state index in [1.54, 1.807) is 16.7 Å². The van der Waals surface area contributed by atoms with E-state index in [1.807, 2.05) is 0 Å². The van der Waals surface area contributed by atoms with Crippen LogP contribution in [0.2, 0.25) is 0 Å². The van der Waals surface area contributed by atoms with Crippen molar-refractivity contribution >= 4 is 23.6 Å². The number of nitrogens with one attached hydrogen (secondary N) is 1. The molecular formula is C14H24N2O4S. The summed E-state index contributed by atoms with van der Waals surface area (Å²) in [6.07, 6.45) is 2.64. The number of piperidine rings is 1. The predicted molar refractivity (Wildman–Crippen MR) is 81.5 cm³/mol. The first-order chi connectivity index (χ1) is 10.2. The Bertz CT molecular complexity index is 361. The van der Waals surface area contributed by atoms with Crippen LogP contribution in [0.4, 0.5) is 0 Å². The minimum atomic E-state index is -0.841. The fourth-order valence-corrected chi connectivity index (χ4v) is 3.83. The summed E-state index contributed by atoms with van der Waals surface area (Å²) >= 11 is 1.72.